The number of urea groups is 1. The first-order valence-corrected chi connectivity index (χ1v) is 11.6. The zero-order valence-electron chi connectivity index (χ0n) is 19.0. The lowest BCUT2D eigenvalue weighted by Gasteiger charge is -2.28. The largest absolute Gasteiger partial charge is 0.390 e. The van der Waals surface area contributed by atoms with Crippen molar-refractivity contribution in [1.29, 1.82) is 0 Å². The minimum Gasteiger partial charge on any atom is -0.390 e. The number of nitrogens with zero attached hydrogens (tertiary/aromatic N) is 3. The van der Waals surface area contributed by atoms with E-state index in [1.165, 1.54) is 6.20 Å². The number of benzene rings is 2. The van der Waals surface area contributed by atoms with Gasteiger partial charge in [-0.3, -0.25) is 9.69 Å². The summed E-state index contributed by atoms with van der Waals surface area (Å²) in [6.07, 6.45) is 2.47. The number of halogens is 1. The van der Waals surface area contributed by atoms with Gasteiger partial charge in [0.2, 0.25) is 0 Å². The van der Waals surface area contributed by atoms with Gasteiger partial charge in [0.15, 0.2) is 0 Å². The molecule has 0 aliphatic carbocycles. The van der Waals surface area contributed by atoms with Gasteiger partial charge in [-0.1, -0.05) is 29.8 Å². The first-order chi connectivity index (χ1) is 17.0. The van der Waals surface area contributed by atoms with Crippen molar-refractivity contribution >= 4 is 34.9 Å². The molecule has 35 heavy (non-hydrogen) atoms. The van der Waals surface area contributed by atoms with Gasteiger partial charge in [0.1, 0.15) is 0 Å². The maximum absolute atomic E-state index is 12.6. The molecule has 4 N–H and O–H groups in total. The van der Waals surface area contributed by atoms with Crippen LogP contribution in [0.3, 0.4) is 0 Å². The summed E-state index contributed by atoms with van der Waals surface area (Å²) in [5.41, 5.74) is 2.04. The number of hydrogen-bond acceptors (Lipinski definition) is 6. The van der Waals surface area contributed by atoms with E-state index >= 15 is 0 Å². The van der Waals surface area contributed by atoms with Crippen LogP contribution in [-0.4, -0.2) is 77.2 Å². The van der Waals surface area contributed by atoms with Crippen LogP contribution in [0.2, 0.25) is 5.02 Å². The zero-order chi connectivity index (χ0) is 24.6. The Morgan fingerprint density at radius 1 is 1.11 bits per heavy atom. The molecule has 2 aromatic carbocycles. The van der Waals surface area contributed by atoms with Crippen molar-refractivity contribution in [2.24, 2.45) is 0 Å². The summed E-state index contributed by atoms with van der Waals surface area (Å²) in [7, 11) is 0. The maximum Gasteiger partial charge on any atom is 0.323 e. The standard InChI is InChI=1S/C24H27ClN6O4/c25-21-6-1-2-7-22(21)29-24(34)28-18-13-27-31(15-18)19-5-3-4-17(12-19)23(33)26-14-20(32)16-30-8-10-35-11-9-30/h1-7,12-13,15,20,32H,8-11,14,16H2,(H,26,33)(H2,28,29,34). The summed E-state index contributed by atoms with van der Waals surface area (Å²) < 4.78 is 6.86. The average Bonchev–Trinajstić information content (AvgIpc) is 3.33. The summed E-state index contributed by atoms with van der Waals surface area (Å²) in [5.74, 6) is -0.294. The SMILES string of the molecule is O=C(Nc1cnn(-c2cccc(C(=O)NCC(O)CN3CCOCC3)c2)c1)Nc1ccccc1Cl. The second-order valence-electron chi connectivity index (χ2n) is 8.06. The Kier molecular flexibility index (Phi) is 8.32. The highest BCUT2D eigenvalue weighted by Gasteiger charge is 2.16. The Hall–Kier alpha value is -3.44. The van der Waals surface area contributed by atoms with Gasteiger partial charge in [-0.2, -0.15) is 5.10 Å². The molecule has 1 unspecified atom stereocenters. The van der Waals surface area contributed by atoms with E-state index in [1.54, 1.807) is 59.4 Å². The highest BCUT2D eigenvalue weighted by Crippen LogP contribution is 2.21. The van der Waals surface area contributed by atoms with E-state index in [0.717, 1.165) is 13.1 Å². The number of aromatic nitrogens is 2. The van der Waals surface area contributed by atoms with Crippen LogP contribution in [0, 0.1) is 0 Å². The van der Waals surface area contributed by atoms with E-state index in [2.05, 4.69) is 25.9 Å². The normalized spacial score (nSPS) is 14.8. The fraction of sp³-hybridized carbons (Fsp3) is 0.292. The number of rotatable bonds is 8. The molecule has 0 spiro atoms. The van der Waals surface area contributed by atoms with Gasteiger partial charge in [0.05, 0.1) is 53.8 Å². The summed E-state index contributed by atoms with van der Waals surface area (Å²) in [6.45, 7) is 3.49. The fourth-order valence-electron chi connectivity index (χ4n) is 3.62. The number of aliphatic hydroxyl groups is 1. The lowest BCUT2D eigenvalue weighted by Crippen LogP contribution is -2.44. The molecule has 1 saturated heterocycles. The van der Waals surface area contributed by atoms with Gasteiger partial charge in [0, 0.05) is 31.7 Å². The van der Waals surface area contributed by atoms with Gasteiger partial charge < -0.3 is 25.8 Å². The lowest BCUT2D eigenvalue weighted by molar-refractivity contribution is 0.0149. The summed E-state index contributed by atoms with van der Waals surface area (Å²) in [6, 6.07) is 13.4. The molecule has 11 heteroatoms. The van der Waals surface area contributed by atoms with E-state index in [9.17, 15) is 14.7 Å². The zero-order valence-corrected chi connectivity index (χ0v) is 19.7. The number of morpholine rings is 1. The molecule has 3 amide bonds. The first kappa shape index (κ1) is 24.7. The molecular formula is C24H27ClN6O4. The van der Waals surface area contributed by atoms with Crippen molar-refractivity contribution in [2.75, 3.05) is 50.0 Å². The van der Waals surface area contributed by atoms with Crippen LogP contribution >= 0.6 is 11.6 Å². The van der Waals surface area contributed by atoms with Crippen LogP contribution in [0.5, 0.6) is 0 Å². The van der Waals surface area contributed by atoms with Crippen LogP contribution < -0.4 is 16.0 Å². The third-order valence-electron chi connectivity index (χ3n) is 5.41. The number of ether oxygens (including phenoxy) is 1. The minimum atomic E-state index is -0.670. The Morgan fingerprint density at radius 2 is 1.91 bits per heavy atom. The second kappa shape index (κ2) is 11.8. The topological polar surface area (TPSA) is 121 Å². The van der Waals surface area contributed by atoms with Gasteiger partial charge in [-0.25, -0.2) is 9.48 Å². The van der Waals surface area contributed by atoms with Gasteiger partial charge in [-0.05, 0) is 30.3 Å². The number of para-hydroxylation sites is 1. The molecule has 184 valence electrons. The summed E-state index contributed by atoms with van der Waals surface area (Å²) >= 11 is 6.07. The molecule has 1 atom stereocenters. The molecule has 3 aromatic rings. The van der Waals surface area contributed by atoms with E-state index in [1.807, 2.05) is 0 Å². The maximum atomic E-state index is 12.6. The molecule has 0 bridgehead atoms. The van der Waals surface area contributed by atoms with Crippen molar-refractivity contribution in [1.82, 2.24) is 20.0 Å². The third-order valence-corrected chi connectivity index (χ3v) is 5.74. The fourth-order valence-corrected chi connectivity index (χ4v) is 3.81. The first-order valence-electron chi connectivity index (χ1n) is 11.2. The highest BCUT2D eigenvalue weighted by atomic mass is 35.5. The van der Waals surface area contributed by atoms with Gasteiger partial charge in [0.25, 0.3) is 5.91 Å². The van der Waals surface area contributed by atoms with Crippen molar-refractivity contribution in [3.05, 3.63) is 71.5 Å². The monoisotopic (exact) mass is 498 g/mol. The summed E-state index contributed by atoms with van der Waals surface area (Å²) in [5, 5.41) is 23.1. The Bertz CT molecular complexity index is 1160. The van der Waals surface area contributed by atoms with Gasteiger partial charge in [-0.15, -0.1) is 0 Å². The molecule has 1 aliphatic heterocycles. The average molecular weight is 499 g/mol. The van der Waals surface area contributed by atoms with Crippen molar-refractivity contribution in [3.8, 4) is 5.69 Å². The van der Waals surface area contributed by atoms with Crippen molar-refractivity contribution in [2.45, 2.75) is 6.10 Å². The lowest BCUT2D eigenvalue weighted by atomic mass is 10.2. The third kappa shape index (κ3) is 7.03. The van der Waals surface area contributed by atoms with E-state index < -0.39 is 12.1 Å². The molecule has 0 saturated carbocycles. The van der Waals surface area contributed by atoms with E-state index in [0.29, 0.717) is 47.4 Å². The predicted octanol–water partition coefficient (Wildman–Crippen LogP) is 2.59. The van der Waals surface area contributed by atoms with Crippen LogP contribution in [-0.2, 0) is 4.74 Å². The molecule has 4 rings (SSSR count). The van der Waals surface area contributed by atoms with Crippen LogP contribution in [0.15, 0.2) is 60.9 Å². The second-order valence-corrected chi connectivity index (χ2v) is 8.47. The quantitative estimate of drug-likeness (QED) is 0.379. The highest BCUT2D eigenvalue weighted by molar-refractivity contribution is 6.33. The molecule has 1 aliphatic rings. The van der Waals surface area contributed by atoms with Crippen molar-refractivity contribution in [3.63, 3.8) is 0 Å². The number of hydrogen-bond donors (Lipinski definition) is 4. The minimum absolute atomic E-state index is 0.150. The number of amides is 3. The van der Waals surface area contributed by atoms with Crippen LogP contribution in [0.1, 0.15) is 10.4 Å². The smallest absolute Gasteiger partial charge is 0.323 e. The van der Waals surface area contributed by atoms with Gasteiger partial charge >= 0.3 is 6.03 Å². The summed E-state index contributed by atoms with van der Waals surface area (Å²) in [4.78, 5) is 27.0. The predicted molar refractivity (Wildman–Crippen MR) is 133 cm³/mol. The number of anilines is 2. The molecule has 10 nitrogen and oxygen atoms in total. The van der Waals surface area contributed by atoms with Crippen molar-refractivity contribution < 1.29 is 19.4 Å². The number of carbonyl (C=O) groups excluding carboxylic acids is 2. The molecule has 1 aromatic heterocycles. The van der Waals surface area contributed by atoms with Crippen LogP contribution in [0.4, 0.5) is 16.2 Å². The molecular weight excluding hydrogens is 472 g/mol. The Morgan fingerprint density at radius 3 is 2.71 bits per heavy atom. The molecule has 1 fully saturated rings. The molecule has 0 radical (unpaired) electrons. The van der Waals surface area contributed by atoms with E-state index in [-0.39, 0.29) is 12.5 Å². The number of nitrogens with one attached hydrogen (secondary N) is 3. The van der Waals surface area contributed by atoms with Crippen LogP contribution in [0.25, 0.3) is 5.69 Å². The number of aliphatic hydroxyl groups excluding tert-OH is 1. The Labute approximate surface area is 207 Å². The number of β-amino-alcohol motifs (C(OH)–C–C–N with tert-alkyl or cyclic N) is 1. The van der Waals surface area contributed by atoms with E-state index in [4.69, 9.17) is 16.3 Å². The molecule has 2 heterocycles. The Balaban J connectivity index is 1.31. The number of carbonyl (C=O) groups is 2.